The molecular weight excluding hydrogens is 218 g/mol. The molecule has 0 aromatic heterocycles. The van der Waals surface area contributed by atoms with Crippen molar-refractivity contribution in [1.82, 2.24) is 5.32 Å². The van der Waals surface area contributed by atoms with Crippen LogP contribution < -0.4 is 10.1 Å². The van der Waals surface area contributed by atoms with E-state index in [0.29, 0.717) is 19.3 Å². The van der Waals surface area contributed by atoms with E-state index >= 15 is 0 Å². The van der Waals surface area contributed by atoms with Gasteiger partial charge >= 0.3 is 0 Å². The van der Waals surface area contributed by atoms with Crippen molar-refractivity contribution in [2.24, 2.45) is 0 Å². The first-order chi connectivity index (χ1) is 8.17. The zero-order chi connectivity index (χ0) is 12.7. The number of rotatable bonds is 6. The standard InChI is InChI=1S/C13H19NO3/c1-14-13(16)8-4-7-12(15)10-5-3-6-11(9-10)17-2/h3,5-6,9,12,15H,4,7-8H2,1-2H3,(H,14,16). The molecule has 0 saturated heterocycles. The highest BCUT2D eigenvalue weighted by atomic mass is 16.5. The predicted octanol–water partition coefficient (Wildman–Crippen LogP) is 1.64. The lowest BCUT2D eigenvalue weighted by molar-refractivity contribution is -0.120. The van der Waals surface area contributed by atoms with E-state index in [0.717, 1.165) is 11.3 Å². The average Bonchev–Trinajstić information content (AvgIpc) is 2.38. The number of aliphatic hydroxyl groups excluding tert-OH is 1. The van der Waals surface area contributed by atoms with E-state index in [1.807, 2.05) is 24.3 Å². The molecule has 94 valence electrons. The van der Waals surface area contributed by atoms with Crippen LogP contribution in [0, 0.1) is 0 Å². The van der Waals surface area contributed by atoms with E-state index in [1.165, 1.54) is 0 Å². The molecule has 0 fully saturated rings. The van der Waals surface area contributed by atoms with Crippen molar-refractivity contribution in [3.05, 3.63) is 29.8 Å². The van der Waals surface area contributed by atoms with Gasteiger partial charge < -0.3 is 15.2 Å². The monoisotopic (exact) mass is 237 g/mol. The molecule has 0 aliphatic heterocycles. The van der Waals surface area contributed by atoms with Crippen molar-refractivity contribution in [2.75, 3.05) is 14.2 Å². The van der Waals surface area contributed by atoms with E-state index in [-0.39, 0.29) is 5.91 Å². The Labute approximate surface area is 102 Å². The van der Waals surface area contributed by atoms with Crippen molar-refractivity contribution in [3.8, 4) is 5.75 Å². The van der Waals surface area contributed by atoms with Gasteiger partial charge in [-0.05, 0) is 30.5 Å². The first kappa shape index (κ1) is 13.5. The second-order valence-electron chi connectivity index (χ2n) is 3.86. The van der Waals surface area contributed by atoms with E-state index in [2.05, 4.69) is 5.32 Å². The van der Waals surface area contributed by atoms with Crippen LogP contribution in [0.4, 0.5) is 0 Å². The van der Waals surface area contributed by atoms with E-state index < -0.39 is 6.10 Å². The molecule has 0 saturated carbocycles. The first-order valence-corrected chi connectivity index (χ1v) is 5.70. The van der Waals surface area contributed by atoms with Crippen molar-refractivity contribution >= 4 is 5.91 Å². The van der Waals surface area contributed by atoms with Gasteiger partial charge in [-0.1, -0.05) is 12.1 Å². The topological polar surface area (TPSA) is 58.6 Å². The summed E-state index contributed by atoms with van der Waals surface area (Å²) >= 11 is 0. The molecular formula is C13H19NO3. The highest BCUT2D eigenvalue weighted by Gasteiger charge is 2.09. The lowest BCUT2D eigenvalue weighted by Crippen LogP contribution is -2.17. The van der Waals surface area contributed by atoms with Crippen LogP contribution in [-0.2, 0) is 4.79 Å². The summed E-state index contributed by atoms with van der Waals surface area (Å²) in [5.41, 5.74) is 0.821. The first-order valence-electron chi connectivity index (χ1n) is 5.70. The van der Waals surface area contributed by atoms with E-state index in [1.54, 1.807) is 14.2 Å². The minimum absolute atomic E-state index is 0.00263. The molecule has 0 aliphatic rings. The molecule has 0 bridgehead atoms. The second-order valence-corrected chi connectivity index (χ2v) is 3.86. The minimum Gasteiger partial charge on any atom is -0.497 e. The largest absolute Gasteiger partial charge is 0.497 e. The van der Waals surface area contributed by atoms with Crippen LogP contribution >= 0.6 is 0 Å². The summed E-state index contributed by atoms with van der Waals surface area (Å²) in [5, 5.41) is 12.5. The van der Waals surface area contributed by atoms with Gasteiger partial charge in [-0.25, -0.2) is 0 Å². The van der Waals surface area contributed by atoms with E-state index in [4.69, 9.17) is 4.74 Å². The molecule has 4 nitrogen and oxygen atoms in total. The summed E-state index contributed by atoms with van der Waals surface area (Å²) in [6.07, 6.45) is 1.13. The number of methoxy groups -OCH3 is 1. The highest BCUT2D eigenvalue weighted by Crippen LogP contribution is 2.22. The summed E-state index contributed by atoms with van der Waals surface area (Å²) in [6, 6.07) is 7.34. The number of hydrogen-bond acceptors (Lipinski definition) is 3. The van der Waals surface area contributed by atoms with Crippen molar-refractivity contribution in [3.63, 3.8) is 0 Å². The minimum atomic E-state index is -0.547. The Hall–Kier alpha value is -1.55. The third-order valence-corrected chi connectivity index (χ3v) is 2.64. The molecule has 17 heavy (non-hydrogen) atoms. The SMILES string of the molecule is CNC(=O)CCCC(O)c1cccc(OC)c1. The zero-order valence-electron chi connectivity index (χ0n) is 10.3. The maximum Gasteiger partial charge on any atom is 0.219 e. The average molecular weight is 237 g/mol. The van der Waals surface area contributed by atoms with Gasteiger partial charge in [0.15, 0.2) is 0 Å². The fourth-order valence-electron chi connectivity index (χ4n) is 1.60. The van der Waals surface area contributed by atoms with Crippen molar-refractivity contribution in [1.29, 1.82) is 0 Å². The molecule has 0 spiro atoms. The van der Waals surface area contributed by atoms with Gasteiger partial charge in [0.2, 0.25) is 5.91 Å². The number of nitrogens with one attached hydrogen (secondary N) is 1. The summed E-state index contributed by atoms with van der Waals surface area (Å²) in [7, 11) is 3.21. The lowest BCUT2D eigenvalue weighted by Gasteiger charge is -2.11. The Bertz CT molecular complexity index is 365. The summed E-state index contributed by atoms with van der Waals surface area (Å²) in [6.45, 7) is 0. The van der Waals surface area contributed by atoms with Crippen LogP contribution in [0.3, 0.4) is 0 Å². The van der Waals surface area contributed by atoms with Gasteiger partial charge in [0.05, 0.1) is 13.2 Å². The molecule has 1 atom stereocenters. The molecule has 2 N–H and O–H groups in total. The van der Waals surface area contributed by atoms with Crippen LogP contribution in [-0.4, -0.2) is 25.2 Å². The number of ether oxygens (including phenoxy) is 1. The highest BCUT2D eigenvalue weighted by molar-refractivity contribution is 5.75. The van der Waals surface area contributed by atoms with Gasteiger partial charge in [-0.3, -0.25) is 4.79 Å². The van der Waals surface area contributed by atoms with Crippen molar-refractivity contribution < 1.29 is 14.6 Å². The molecule has 1 amide bonds. The molecule has 1 unspecified atom stereocenters. The van der Waals surface area contributed by atoms with Crippen LogP contribution in [0.25, 0.3) is 0 Å². The lowest BCUT2D eigenvalue weighted by atomic mass is 10.0. The van der Waals surface area contributed by atoms with Gasteiger partial charge in [0.1, 0.15) is 5.75 Å². The fourth-order valence-corrected chi connectivity index (χ4v) is 1.60. The van der Waals surface area contributed by atoms with Crippen molar-refractivity contribution in [2.45, 2.75) is 25.4 Å². The molecule has 1 aromatic carbocycles. The molecule has 0 radical (unpaired) electrons. The number of hydrogen-bond donors (Lipinski definition) is 2. The normalized spacial score (nSPS) is 11.9. The molecule has 1 rings (SSSR count). The number of carbonyl (C=O) groups is 1. The van der Waals surface area contributed by atoms with Gasteiger partial charge in [-0.2, -0.15) is 0 Å². The Morgan fingerprint density at radius 1 is 1.53 bits per heavy atom. The van der Waals surface area contributed by atoms with Gasteiger partial charge in [0, 0.05) is 13.5 Å². The van der Waals surface area contributed by atoms with Crippen LogP contribution in [0.15, 0.2) is 24.3 Å². The second kappa shape index (κ2) is 6.91. The predicted molar refractivity (Wildman–Crippen MR) is 65.9 cm³/mol. The Balaban J connectivity index is 2.46. The number of aliphatic hydroxyl groups is 1. The van der Waals surface area contributed by atoms with Gasteiger partial charge in [0.25, 0.3) is 0 Å². The smallest absolute Gasteiger partial charge is 0.219 e. The molecule has 1 aromatic rings. The van der Waals surface area contributed by atoms with E-state index in [9.17, 15) is 9.90 Å². The molecule has 0 heterocycles. The maximum atomic E-state index is 11.0. The molecule has 4 heteroatoms. The van der Waals surface area contributed by atoms with Crippen LogP contribution in [0.5, 0.6) is 5.75 Å². The fraction of sp³-hybridized carbons (Fsp3) is 0.462. The third kappa shape index (κ3) is 4.44. The van der Waals surface area contributed by atoms with Gasteiger partial charge in [-0.15, -0.1) is 0 Å². The molecule has 0 aliphatic carbocycles. The zero-order valence-corrected chi connectivity index (χ0v) is 10.3. The summed E-state index contributed by atoms with van der Waals surface area (Å²) in [4.78, 5) is 11.0. The maximum absolute atomic E-state index is 11.0. The van der Waals surface area contributed by atoms with Crippen LogP contribution in [0.2, 0.25) is 0 Å². The Morgan fingerprint density at radius 3 is 2.94 bits per heavy atom. The quantitative estimate of drug-likeness (QED) is 0.791. The summed E-state index contributed by atoms with van der Waals surface area (Å²) in [5.74, 6) is 0.732. The number of carbonyl (C=O) groups excluding carboxylic acids is 1. The Kier molecular flexibility index (Phi) is 5.49. The summed E-state index contributed by atoms with van der Waals surface area (Å²) < 4.78 is 5.09. The number of benzene rings is 1. The Morgan fingerprint density at radius 2 is 2.29 bits per heavy atom. The number of amides is 1. The van der Waals surface area contributed by atoms with Crippen LogP contribution in [0.1, 0.15) is 30.9 Å². The third-order valence-electron chi connectivity index (χ3n) is 2.64.